The lowest BCUT2D eigenvalue weighted by Crippen LogP contribution is -2.08. The molecule has 84 valence electrons. The minimum Gasteiger partial charge on any atom is -0.380 e. The van der Waals surface area contributed by atoms with Crippen LogP contribution in [0.5, 0.6) is 0 Å². The molecule has 0 unspecified atom stereocenters. The van der Waals surface area contributed by atoms with Crippen LogP contribution in [0.4, 0.5) is 5.69 Å². The highest BCUT2D eigenvalue weighted by Gasteiger charge is 2.04. The molecule has 0 radical (unpaired) electrons. The van der Waals surface area contributed by atoms with Crippen LogP contribution in [0, 0.1) is 0 Å². The smallest absolute Gasteiger partial charge is 0.0832 e. The molecule has 0 aliphatic carbocycles. The number of nitrogens with one attached hydrogen (secondary N) is 1. The highest BCUT2D eigenvalue weighted by molar-refractivity contribution is 6.32. The van der Waals surface area contributed by atoms with Crippen molar-refractivity contribution in [1.29, 1.82) is 0 Å². The monoisotopic (exact) mass is 235 g/mol. The average molecular weight is 236 g/mol. The molecule has 2 rings (SSSR count). The van der Waals surface area contributed by atoms with E-state index < -0.39 is 0 Å². The zero-order chi connectivity index (χ0) is 11.5. The summed E-state index contributed by atoms with van der Waals surface area (Å²) in [7, 11) is 0. The van der Waals surface area contributed by atoms with Gasteiger partial charge >= 0.3 is 0 Å². The van der Waals surface area contributed by atoms with Crippen LogP contribution in [0.15, 0.2) is 36.7 Å². The topological polar surface area (TPSA) is 29.9 Å². The molecule has 0 aliphatic heterocycles. The third-order valence-electron chi connectivity index (χ3n) is 2.14. The Morgan fingerprint density at radius 2 is 2.06 bits per heavy atom. The van der Waals surface area contributed by atoms with Gasteiger partial charge in [0.2, 0.25) is 0 Å². The number of hydrogen-bond donors (Lipinski definition) is 1. The van der Waals surface area contributed by atoms with Gasteiger partial charge < -0.3 is 5.32 Å². The molecule has 1 heterocycles. The Balaban J connectivity index is 2.28. The van der Waals surface area contributed by atoms with Crippen molar-refractivity contribution in [2.24, 2.45) is 0 Å². The maximum atomic E-state index is 6.09. The quantitative estimate of drug-likeness (QED) is 0.884. The molecule has 0 amide bonds. The Morgan fingerprint density at radius 3 is 2.75 bits per heavy atom. The van der Waals surface area contributed by atoms with Gasteiger partial charge in [0, 0.05) is 6.04 Å². The first kappa shape index (κ1) is 11.0. The van der Waals surface area contributed by atoms with Crippen LogP contribution in [0.1, 0.15) is 13.8 Å². The molecule has 1 aromatic carbocycles. The van der Waals surface area contributed by atoms with Crippen molar-refractivity contribution in [3.05, 3.63) is 41.7 Å². The lowest BCUT2D eigenvalue weighted by atomic mass is 10.3. The normalized spacial score (nSPS) is 10.8. The lowest BCUT2D eigenvalue weighted by molar-refractivity contribution is 0.879. The third-order valence-corrected chi connectivity index (χ3v) is 2.46. The van der Waals surface area contributed by atoms with Crippen molar-refractivity contribution in [2.45, 2.75) is 19.9 Å². The second kappa shape index (κ2) is 4.58. The van der Waals surface area contributed by atoms with Gasteiger partial charge in [-0.25, -0.2) is 4.68 Å². The molecular formula is C12H14ClN3. The number of para-hydroxylation sites is 1. The molecule has 0 atom stereocenters. The molecule has 1 aromatic heterocycles. The number of rotatable bonds is 3. The summed E-state index contributed by atoms with van der Waals surface area (Å²) in [5.74, 6) is 0. The Bertz CT molecular complexity index is 477. The van der Waals surface area contributed by atoms with Gasteiger partial charge in [-0.3, -0.25) is 0 Å². The third kappa shape index (κ3) is 2.36. The number of anilines is 1. The number of aromatic nitrogens is 2. The fraction of sp³-hybridized carbons (Fsp3) is 0.250. The zero-order valence-corrected chi connectivity index (χ0v) is 10.1. The Hall–Kier alpha value is -1.48. The second-order valence-corrected chi connectivity index (χ2v) is 4.33. The summed E-state index contributed by atoms with van der Waals surface area (Å²) >= 11 is 6.09. The van der Waals surface area contributed by atoms with E-state index in [2.05, 4.69) is 24.3 Å². The molecular weight excluding hydrogens is 222 g/mol. The summed E-state index contributed by atoms with van der Waals surface area (Å²) in [6, 6.07) is 8.04. The number of halogens is 1. The van der Waals surface area contributed by atoms with Gasteiger partial charge in [0.1, 0.15) is 0 Å². The van der Waals surface area contributed by atoms with Crippen LogP contribution in [-0.2, 0) is 0 Å². The van der Waals surface area contributed by atoms with E-state index in [0.717, 1.165) is 11.4 Å². The van der Waals surface area contributed by atoms with Crippen LogP contribution in [0.3, 0.4) is 0 Å². The van der Waals surface area contributed by atoms with Gasteiger partial charge in [-0.15, -0.1) is 0 Å². The fourth-order valence-corrected chi connectivity index (χ4v) is 1.72. The molecule has 2 aromatic rings. The van der Waals surface area contributed by atoms with Crippen molar-refractivity contribution in [3.63, 3.8) is 0 Å². The first-order valence-electron chi connectivity index (χ1n) is 5.23. The molecule has 16 heavy (non-hydrogen) atoms. The van der Waals surface area contributed by atoms with E-state index in [0.29, 0.717) is 11.1 Å². The molecule has 0 spiro atoms. The minimum absolute atomic E-state index is 0.392. The predicted octanol–water partition coefficient (Wildman–Crippen LogP) is 3.35. The van der Waals surface area contributed by atoms with E-state index in [-0.39, 0.29) is 0 Å². The summed E-state index contributed by atoms with van der Waals surface area (Å²) in [6.07, 6.45) is 3.73. The van der Waals surface area contributed by atoms with E-state index in [1.807, 2.05) is 30.5 Å². The van der Waals surface area contributed by atoms with Crippen molar-refractivity contribution in [1.82, 2.24) is 9.78 Å². The Labute approximate surface area is 100 Å². The van der Waals surface area contributed by atoms with Crippen molar-refractivity contribution >= 4 is 17.3 Å². The molecule has 0 saturated heterocycles. The van der Waals surface area contributed by atoms with Crippen molar-refractivity contribution < 1.29 is 0 Å². The molecule has 0 bridgehead atoms. The van der Waals surface area contributed by atoms with Crippen molar-refractivity contribution in [2.75, 3.05) is 5.32 Å². The number of nitrogens with zero attached hydrogens (tertiary/aromatic N) is 2. The number of benzene rings is 1. The van der Waals surface area contributed by atoms with Gasteiger partial charge in [0.15, 0.2) is 0 Å². The summed E-state index contributed by atoms with van der Waals surface area (Å²) < 4.78 is 1.77. The summed E-state index contributed by atoms with van der Waals surface area (Å²) in [5.41, 5.74) is 1.89. The molecule has 0 aliphatic rings. The molecule has 4 heteroatoms. The zero-order valence-electron chi connectivity index (χ0n) is 9.31. The molecule has 0 fully saturated rings. The maximum Gasteiger partial charge on any atom is 0.0832 e. The SMILES string of the molecule is CC(C)Nc1cnn(-c2ccccc2Cl)c1. The van der Waals surface area contributed by atoms with Crippen LogP contribution in [0.2, 0.25) is 5.02 Å². The van der Waals surface area contributed by atoms with E-state index in [9.17, 15) is 0 Å². The van der Waals surface area contributed by atoms with Gasteiger partial charge in [0.05, 0.1) is 28.8 Å². The fourth-order valence-electron chi connectivity index (χ4n) is 1.50. The van der Waals surface area contributed by atoms with E-state index in [1.54, 1.807) is 10.9 Å². The Kier molecular flexibility index (Phi) is 3.15. The highest BCUT2D eigenvalue weighted by atomic mass is 35.5. The largest absolute Gasteiger partial charge is 0.380 e. The van der Waals surface area contributed by atoms with Gasteiger partial charge in [-0.05, 0) is 26.0 Å². The first-order chi connectivity index (χ1) is 7.66. The lowest BCUT2D eigenvalue weighted by Gasteiger charge is -2.06. The number of hydrogen-bond acceptors (Lipinski definition) is 2. The van der Waals surface area contributed by atoms with Crippen molar-refractivity contribution in [3.8, 4) is 5.69 Å². The van der Waals surface area contributed by atoms with E-state index in [1.165, 1.54) is 0 Å². The van der Waals surface area contributed by atoms with Crippen LogP contribution in [0.25, 0.3) is 5.69 Å². The standard InChI is InChI=1S/C12H14ClN3/c1-9(2)15-10-7-14-16(8-10)12-6-4-3-5-11(12)13/h3-9,15H,1-2H3. The summed E-state index contributed by atoms with van der Waals surface area (Å²) in [5, 5.41) is 8.25. The molecule has 3 nitrogen and oxygen atoms in total. The highest BCUT2D eigenvalue weighted by Crippen LogP contribution is 2.20. The van der Waals surface area contributed by atoms with Gasteiger partial charge in [0.25, 0.3) is 0 Å². The predicted molar refractivity (Wildman–Crippen MR) is 67.3 cm³/mol. The van der Waals surface area contributed by atoms with E-state index >= 15 is 0 Å². The van der Waals surface area contributed by atoms with Crippen LogP contribution < -0.4 is 5.32 Å². The van der Waals surface area contributed by atoms with Gasteiger partial charge in [-0.1, -0.05) is 23.7 Å². The Morgan fingerprint density at radius 1 is 1.31 bits per heavy atom. The minimum atomic E-state index is 0.392. The first-order valence-corrected chi connectivity index (χ1v) is 5.61. The molecule has 0 saturated carbocycles. The van der Waals surface area contributed by atoms with E-state index in [4.69, 9.17) is 11.6 Å². The second-order valence-electron chi connectivity index (χ2n) is 3.92. The summed E-state index contributed by atoms with van der Waals surface area (Å²) in [4.78, 5) is 0. The van der Waals surface area contributed by atoms with Crippen LogP contribution in [-0.4, -0.2) is 15.8 Å². The summed E-state index contributed by atoms with van der Waals surface area (Å²) in [6.45, 7) is 4.18. The van der Waals surface area contributed by atoms with Gasteiger partial charge in [-0.2, -0.15) is 5.10 Å². The maximum absolute atomic E-state index is 6.09. The van der Waals surface area contributed by atoms with Crippen LogP contribution >= 0.6 is 11.6 Å². The molecule has 1 N–H and O–H groups in total. The average Bonchev–Trinajstić information content (AvgIpc) is 2.66.